The van der Waals surface area contributed by atoms with Crippen molar-refractivity contribution in [2.45, 2.75) is 12.5 Å². The van der Waals surface area contributed by atoms with Crippen LogP contribution in [0.4, 0.5) is 5.69 Å². The highest BCUT2D eigenvalue weighted by Crippen LogP contribution is 2.32. The average molecular weight is 228 g/mol. The topological polar surface area (TPSA) is 55.5 Å². The molecule has 0 bridgehead atoms. The van der Waals surface area contributed by atoms with Crippen molar-refractivity contribution in [2.24, 2.45) is 5.92 Å². The Balaban J connectivity index is 2.20. The first kappa shape index (κ1) is 10.7. The Kier molecular flexibility index (Phi) is 3.14. The van der Waals surface area contributed by atoms with Crippen molar-refractivity contribution in [2.75, 3.05) is 18.9 Å². The van der Waals surface area contributed by atoms with Gasteiger partial charge in [0.15, 0.2) is 0 Å². The summed E-state index contributed by atoms with van der Waals surface area (Å²) in [5.74, 6) is 0.147. The molecule has 1 aromatic rings. The molecule has 1 heterocycles. The van der Waals surface area contributed by atoms with Crippen LogP contribution in [0.2, 0.25) is 5.02 Å². The second-order valence-electron chi connectivity index (χ2n) is 3.84. The van der Waals surface area contributed by atoms with E-state index in [4.69, 9.17) is 22.1 Å². The number of hydrogen-bond acceptors (Lipinski definition) is 3. The molecule has 1 aromatic carbocycles. The maximum atomic E-state index is 10.1. The molecule has 2 unspecified atom stereocenters. The molecular formula is C11H14ClNO2. The van der Waals surface area contributed by atoms with Crippen molar-refractivity contribution in [3.8, 4) is 0 Å². The fourth-order valence-corrected chi connectivity index (χ4v) is 2.05. The zero-order chi connectivity index (χ0) is 10.8. The Morgan fingerprint density at radius 2 is 2.33 bits per heavy atom. The zero-order valence-corrected chi connectivity index (χ0v) is 9.07. The Labute approximate surface area is 93.8 Å². The van der Waals surface area contributed by atoms with E-state index in [1.165, 1.54) is 0 Å². The maximum absolute atomic E-state index is 10.1. The second-order valence-corrected chi connectivity index (χ2v) is 4.28. The third kappa shape index (κ3) is 2.25. The number of nitrogens with two attached hydrogens (primary N) is 1. The van der Waals surface area contributed by atoms with Gasteiger partial charge in [-0.25, -0.2) is 0 Å². The summed E-state index contributed by atoms with van der Waals surface area (Å²) in [6.45, 7) is 1.32. The number of rotatable bonds is 2. The summed E-state index contributed by atoms with van der Waals surface area (Å²) >= 11 is 5.79. The first-order chi connectivity index (χ1) is 7.18. The molecule has 15 heavy (non-hydrogen) atoms. The molecule has 0 saturated carbocycles. The van der Waals surface area contributed by atoms with Crippen molar-refractivity contribution in [1.82, 2.24) is 0 Å². The van der Waals surface area contributed by atoms with Gasteiger partial charge in [0.05, 0.1) is 12.7 Å². The number of anilines is 1. The van der Waals surface area contributed by atoms with Crippen LogP contribution in [0.1, 0.15) is 18.1 Å². The minimum atomic E-state index is -0.551. The number of aliphatic hydroxyl groups excluding tert-OH is 1. The molecule has 0 amide bonds. The first-order valence-electron chi connectivity index (χ1n) is 4.99. The van der Waals surface area contributed by atoms with Crippen LogP contribution >= 0.6 is 11.6 Å². The maximum Gasteiger partial charge on any atom is 0.0860 e. The van der Waals surface area contributed by atoms with E-state index in [9.17, 15) is 5.11 Å². The number of ether oxygens (including phenoxy) is 1. The highest BCUT2D eigenvalue weighted by molar-refractivity contribution is 6.30. The molecule has 82 valence electrons. The van der Waals surface area contributed by atoms with Crippen molar-refractivity contribution in [3.05, 3.63) is 28.8 Å². The van der Waals surface area contributed by atoms with Crippen LogP contribution in [0.15, 0.2) is 18.2 Å². The smallest absolute Gasteiger partial charge is 0.0860 e. The van der Waals surface area contributed by atoms with E-state index in [1.807, 2.05) is 0 Å². The highest BCUT2D eigenvalue weighted by atomic mass is 35.5. The van der Waals surface area contributed by atoms with Crippen molar-refractivity contribution >= 4 is 17.3 Å². The van der Waals surface area contributed by atoms with E-state index >= 15 is 0 Å². The summed E-state index contributed by atoms with van der Waals surface area (Å²) in [6, 6.07) is 5.18. The Morgan fingerprint density at radius 3 is 2.93 bits per heavy atom. The Morgan fingerprint density at radius 1 is 1.53 bits per heavy atom. The summed E-state index contributed by atoms with van der Waals surface area (Å²) in [5, 5.41) is 10.7. The fraction of sp³-hybridized carbons (Fsp3) is 0.455. The molecule has 4 heteroatoms. The molecule has 1 aliphatic heterocycles. The quantitative estimate of drug-likeness (QED) is 0.760. The molecule has 1 aliphatic rings. The zero-order valence-electron chi connectivity index (χ0n) is 8.32. The second kappa shape index (κ2) is 4.39. The van der Waals surface area contributed by atoms with E-state index < -0.39 is 6.10 Å². The van der Waals surface area contributed by atoms with Crippen LogP contribution in [0.5, 0.6) is 0 Å². The monoisotopic (exact) mass is 227 g/mol. The molecule has 0 aromatic heterocycles. The molecule has 1 fully saturated rings. The number of aliphatic hydroxyl groups is 1. The van der Waals surface area contributed by atoms with Gasteiger partial charge in [-0.05, 0) is 18.6 Å². The van der Waals surface area contributed by atoms with Gasteiger partial charge in [0.2, 0.25) is 0 Å². The van der Waals surface area contributed by atoms with Gasteiger partial charge in [-0.15, -0.1) is 0 Å². The summed E-state index contributed by atoms with van der Waals surface area (Å²) in [4.78, 5) is 0. The van der Waals surface area contributed by atoms with E-state index in [2.05, 4.69) is 0 Å². The lowest BCUT2D eigenvalue weighted by Crippen LogP contribution is -2.14. The number of halogens is 1. The number of nitrogen functional groups attached to an aromatic ring is 1. The van der Waals surface area contributed by atoms with E-state index in [0.717, 1.165) is 18.6 Å². The summed E-state index contributed by atoms with van der Waals surface area (Å²) in [6.07, 6.45) is 0.327. The summed E-state index contributed by atoms with van der Waals surface area (Å²) in [5.41, 5.74) is 7.09. The van der Waals surface area contributed by atoms with Crippen LogP contribution in [-0.2, 0) is 4.74 Å². The molecule has 2 rings (SSSR count). The lowest BCUT2D eigenvalue weighted by molar-refractivity contribution is 0.0923. The average Bonchev–Trinajstić information content (AvgIpc) is 2.69. The normalized spacial score (nSPS) is 22.9. The predicted molar refractivity (Wildman–Crippen MR) is 59.8 cm³/mol. The molecule has 1 saturated heterocycles. The number of hydrogen-bond donors (Lipinski definition) is 2. The van der Waals surface area contributed by atoms with Gasteiger partial charge in [-0.3, -0.25) is 0 Å². The van der Waals surface area contributed by atoms with Gasteiger partial charge in [-0.2, -0.15) is 0 Å². The van der Waals surface area contributed by atoms with E-state index in [1.54, 1.807) is 18.2 Å². The van der Waals surface area contributed by atoms with Crippen LogP contribution < -0.4 is 5.73 Å². The van der Waals surface area contributed by atoms with E-state index in [-0.39, 0.29) is 5.92 Å². The van der Waals surface area contributed by atoms with Gasteiger partial charge >= 0.3 is 0 Å². The molecule has 3 nitrogen and oxygen atoms in total. The van der Waals surface area contributed by atoms with Gasteiger partial charge < -0.3 is 15.6 Å². The van der Waals surface area contributed by atoms with Crippen LogP contribution in [-0.4, -0.2) is 18.3 Å². The van der Waals surface area contributed by atoms with Crippen LogP contribution in [0.25, 0.3) is 0 Å². The Hall–Kier alpha value is -0.770. The first-order valence-corrected chi connectivity index (χ1v) is 5.37. The van der Waals surface area contributed by atoms with Crippen molar-refractivity contribution in [1.29, 1.82) is 0 Å². The minimum Gasteiger partial charge on any atom is -0.398 e. The van der Waals surface area contributed by atoms with Gasteiger partial charge in [-0.1, -0.05) is 17.7 Å². The number of benzene rings is 1. The SMILES string of the molecule is Nc1cc(Cl)ccc1C(O)C1CCOC1. The predicted octanol–water partition coefficient (Wildman–Crippen LogP) is 1.99. The van der Waals surface area contributed by atoms with Crippen LogP contribution in [0, 0.1) is 5.92 Å². The standard InChI is InChI=1S/C11H14ClNO2/c12-8-1-2-9(10(13)5-8)11(14)7-3-4-15-6-7/h1-2,5,7,11,14H,3-4,6,13H2. The van der Waals surface area contributed by atoms with E-state index in [0.29, 0.717) is 17.3 Å². The third-order valence-electron chi connectivity index (χ3n) is 2.78. The van der Waals surface area contributed by atoms with Crippen molar-refractivity contribution < 1.29 is 9.84 Å². The summed E-state index contributed by atoms with van der Waals surface area (Å²) < 4.78 is 5.24. The van der Waals surface area contributed by atoms with Gasteiger partial charge in [0, 0.05) is 28.8 Å². The molecule has 0 aliphatic carbocycles. The van der Waals surface area contributed by atoms with Crippen LogP contribution in [0.3, 0.4) is 0 Å². The molecular weight excluding hydrogens is 214 g/mol. The molecule has 3 N–H and O–H groups in total. The minimum absolute atomic E-state index is 0.147. The van der Waals surface area contributed by atoms with Gasteiger partial charge in [0.25, 0.3) is 0 Å². The fourth-order valence-electron chi connectivity index (χ4n) is 1.87. The highest BCUT2D eigenvalue weighted by Gasteiger charge is 2.26. The Bertz CT molecular complexity index is 350. The largest absolute Gasteiger partial charge is 0.398 e. The third-order valence-corrected chi connectivity index (χ3v) is 3.01. The van der Waals surface area contributed by atoms with Gasteiger partial charge in [0.1, 0.15) is 0 Å². The summed E-state index contributed by atoms with van der Waals surface area (Å²) in [7, 11) is 0. The lowest BCUT2D eigenvalue weighted by Gasteiger charge is -2.18. The van der Waals surface area contributed by atoms with Crippen molar-refractivity contribution in [3.63, 3.8) is 0 Å². The lowest BCUT2D eigenvalue weighted by atomic mass is 9.94. The molecule has 0 spiro atoms. The molecule has 2 atom stereocenters. The molecule has 0 radical (unpaired) electrons.